The summed E-state index contributed by atoms with van der Waals surface area (Å²) in [6.45, 7) is 2.06. The van der Waals surface area contributed by atoms with Crippen LogP contribution in [0.2, 0.25) is 0 Å². The summed E-state index contributed by atoms with van der Waals surface area (Å²) < 4.78 is 4.96. The number of nitrogens with two attached hydrogens (primary N) is 2. The molecule has 0 fully saturated rings. The van der Waals surface area contributed by atoms with Gasteiger partial charge in [-0.3, -0.25) is 0 Å². The Hall–Kier alpha value is -2.61. The minimum absolute atomic E-state index is 0.0520. The van der Waals surface area contributed by atoms with Crippen molar-refractivity contribution in [3.05, 3.63) is 47.0 Å². The van der Waals surface area contributed by atoms with Crippen LogP contribution in [0.15, 0.2) is 40.7 Å². The molecular weight excluding hydrogens is 314 g/mol. The van der Waals surface area contributed by atoms with Crippen molar-refractivity contribution < 1.29 is 9.53 Å². The molecule has 0 aliphatic carbocycles. The minimum atomic E-state index is -0.482. The van der Waals surface area contributed by atoms with Crippen LogP contribution in [0.25, 0.3) is 0 Å². The molecule has 1 unspecified atom stereocenters. The highest BCUT2D eigenvalue weighted by molar-refractivity contribution is 7.13. The molecule has 1 amide bonds. The van der Waals surface area contributed by atoms with Crippen LogP contribution in [-0.4, -0.2) is 23.6 Å². The quantitative estimate of drug-likeness (QED) is 0.553. The summed E-state index contributed by atoms with van der Waals surface area (Å²) in [5.74, 6) is -0.0520. The van der Waals surface area contributed by atoms with Crippen LogP contribution in [0.4, 0.5) is 9.93 Å². The van der Waals surface area contributed by atoms with Crippen LogP contribution >= 0.6 is 11.3 Å². The Labute approximate surface area is 138 Å². The van der Waals surface area contributed by atoms with Gasteiger partial charge in [-0.1, -0.05) is 30.3 Å². The van der Waals surface area contributed by atoms with Gasteiger partial charge in [0.2, 0.25) is 5.13 Å². The third-order valence-corrected chi connectivity index (χ3v) is 3.69. The topological polar surface area (TPSA) is 116 Å². The van der Waals surface area contributed by atoms with Crippen molar-refractivity contribution in [2.75, 3.05) is 6.61 Å². The summed E-state index contributed by atoms with van der Waals surface area (Å²) in [6, 6.07) is 9.49. The van der Waals surface area contributed by atoms with Gasteiger partial charge in [-0.2, -0.15) is 4.99 Å². The molecule has 0 bridgehead atoms. The minimum Gasteiger partial charge on any atom is -0.450 e. The van der Waals surface area contributed by atoms with E-state index >= 15 is 0 Å². The first-order valence-corrected chi connectivity index (χ1v) is 7.98. The fraction of sp³-hybridized carbons (Fsp3) is 0.267. The number of benzene rings is 1. The predicted molar refractivity (Wildman–Crippen MR) is 90.6 cm³/mol. The third-order valence-electron chi connectivity index (χ3n) is 2.94. The first kappa shape index (κ1) is 16.8. The average molecular weight is 333 g/mol. The van der Waals surface area contributed by atoms with E-state index in [-0.39, 0.29) is 12.0 Å². The summed E-state index contributed by atoms with van der Waals surface area (Å²) in [5.41, 5.74) is 12.5. The lowest BCUT2D eigenvalue weighted by Crippen LogP contribution is -2.30. The number of thiazole rings is 1. The molecule has 1 aromatic carbocycles. The van der Waals surface area contributed by atoms with Gasteiger partial charge in [-0.05, 0) is 18.9 Å². The number of nitrogens with one attached hydrogen (secondary N) is 1. The van der Waals surface area contributed by atoms with E-state index in [1.807, 2.05) is 35.7 Å². The molecule has 1 heterocycles. The summed E-state index contributed by atoms with van der Waals surface area (Å²) in [6.07, 6.45) is 0.106. The van der Waals surface area contributed by atoms with Crippen molar-refractivity contribution in [2.24, 2.45) is 16.5 Å². The van der Waals surface area contributed by atoms with Crippen LogP contribution in [0, 0.1) is 0 Å². The van der Waals surface area contributed by atoms with E-state index in [4.69, 9.17) is 16.2 Å². The van der Waals surface area contributed by atoms with Crippen molar-refractivity contribution in [1.82, 2.24) is 10.3 Å². The van der Waals surface area contributed by atoms with E-state index < -0.39 is 6.09 Å². The fourth-order valence-corrected chi connectivity index (χ4v) is 2.75. The van der Waals surface area contributed by atoms with Gasteiger partial charge in [-0.15, -0.1) is 11.3 Å². The molecule has 0 aliphatic rings. The van der Waals surface area contributed by atoms with Crippen molar-refractivity contribution in [3.63, 3.8) is 0 Å². The predicted octanol–water partition coefficient (Wildman–Crippen LogP) is 2.08. The summed E-state index contributed by atoms with van der Waals surface area (Å²) in [4.78, 5) is 20.1. The molecule has 0 spiro atoms. The van der Waals surface area contributed by atoms with E-state index in [2.05, 4.69) is 15.3 Å². The normalized spacial score (nSPS) is 11.5. The number of nitrogens with zero attached hydrogens (tertiary/aromatic N) is 2. The van der Waals surface area contributed by atoms with Gasteiger partial charge in [0.1, 0.15) is 0 Å². The SMILES string of the molecule is CCOC(=O)NC(Cc1ccccc1)c1csc(N=C(N)N)n1. The monoisotopic (exact) mass is 333 g/mol. The summed E-state index contributed by atoms with van der Waals surface area (Å²) >= 11 is 1.31. The number of rotatable bonds is 6. The highest BCUT2D eigenvalue weighted by atomic mass is 32.1. The van der Waals surface area contributed by atoms with Crippen LogP contribution in [-0.2, 0) is 11.2 Å². The van der Waals surface area contributed by atoms with E-state index in [0.29, 0.717) is 23.9 Å². The molecule has 0 saturated carbocycles. The molecule has 7 nitrogen and oxygen atoms in total. The second-order valence-corrected chi connectivity index (χ2v) is 5.54. The van der Waals surface area contributed by atoms with Crippen LogP contribution in [0.1, 0.15) is 24.2 Å². The van der Waals surface area contributed by atoms with Gasteiger partial charge in [0.05, 0.1) is 18.3 Å². The van der Waals surface area contributed by atoms with Gasteiger partial charge in [0, 0.05) is 5.38 Å². The molecule has 0 saturated heterocycles. The van der Waals surface area contributed by atoms with Gasteiger partial charge >= 0.3 is 6.09 Å². The highest BCUT2D eigenvalue weighted by Gasteiger charge is 2.19. The molecule has 5 N–H and O–H groups in total. The Balaban J connectivity index is 2.20. The highest BCUT2D eigenvalue weighted by Crippen LogP contribution is 2.25. The molecule has 1 aromatic heterocycles. The molecule has 8 heteroatoms. The first-order valence-electron chi connectivity index (χ1n) is 7.10. The lowest BCUT2D eigenvalue weighted by atomic mass is 10.0. The Kier molecular flexibility index (Phi) is 5.93. The number of aromatic nitrogens is 1. The van der Waals surface area contributed by atoms with Crippen molar-refractivity contribution >= 4 is 28.5 Å². The van der Waals surface area contributed by atoms with E-state index in [0.717, 1.165) is 5.56 Å². The van der Waals surface area contributed by atoms with Crippen LogP contribution in [0.3, 0.4) is 0 Å². The lowest BCUT2D eigenvalue weighted by Gasteiger charge is -2.16. The number of hydrogen-bond donors (Lipinski definition) is 3. The third kappa shape index (κ3) is 5.26. The number of hydrogen-bond acceptors (Lipinski definition) is 5. The molecule has 122 valence electrons. The number of alkyl carbamates (subject to hydrolysis) is 1. The maximum atomic E-state index is 11.8. The first-order chi connectivity index (χ1) is 11.1. The molecule has 23 heavy (non-hydrogen) atoms. The average Bonchev–Trinajstić information content (AvgIpc) is 2.95. The maximum Gasteiger partial charge on any atom is 0.407 e. The molecule has 2 rings (SSSR count). The molecule has 1 atom stereocenters. The van der Waals surface area contributed by atoms with Crippen LogP contribution < -0.4 is 16.8 Å². The van der Waals surface area contributed by atoms with Gasteiger partial charge in [0.25, 0.3) is 0 Å². The van der Waals surface area contributed by atoms with E-state index in [1.54, 1.807) is 6.92 Å². The fourth-order valence-electron chi connectivity index (χ4n) is 1.99. The zero-order valence-electron chi connectivity index (χ0n) is 12.7. The number of carbonyl (C=O) groups excluding carboxylic acids is 1. The van der Waals surface area contributed by atoms with Gasteiger partial charge < -0.3 is 21.5 Å². The van der Waals surface area contributed by atoms with Crippen molar-refractivity contribution in [2.45, 2.75) is 19.4 Å². The number of carbonyl (C=O) groups is 1. The smallest absolute Gasteiger partial charge is 0.407 e. The zero-order valence-corrected chi connectivity index (χ0v) is 13.5. The Morgan fingerprint density at radius 3 is 2.78 bits per heavy atom. The molecule has 0 aliphatic heterocycles. The second-order valence-electron chi connectivity index (χ2n) is 4.70. The Bertz CT molecular complexity index is 668. The Morgan fingerprint density at radius 2 is 2.13 bits per heavy atom. The number of ether oxygens (including phenoxy) is 1. The maximum absolute atomic E-state index is 11.8. The zero-order chi connectivity index (χ0) is 16.7. The molecule has 2 aromatic rings. The van der Waals surface area contributed by atoms with E-state index in [1.165, 1.54) is 11.3 Å². The summed E-state index contributed by atoms with van der Waals surface area (Å²) in [5, 5.41) is 5.09. The van der Waals surface area contributed by atoms with E-state index in [9.17, 15) is 4.79 Å². The van der Waals surface area contributed by atoms with Crippen molar-refractivity contribution in [3.8, 4) is 0 Å². The second kappa shape index (κ2) is 8.14. The van der Waals surface area contributed by atoms with Crippen molar-refractivity contribution in [1.29, 1.82) is 0 Å². The largest absolute Gasteiger partial charge is 0.450 e. The standard InChI is InChI=1S/C15H19N5O2S/c1-2-22-15(21)19-11(8-10-6-4-3-5-7-10)12-9-23-14(18-12)20-13(16)17/h3-7,9,11H,2,8H2,1H3,(H,19,21)(H4,16,17,18,20). The number of guanidine groups is 1. The molecule has 0 radical (unpaired) electrons. The van der Waals surface area contributed by atoms with Crippen LogP contribution in [0.5, 0.6) is 0 Å². The Morgan fingerprint density at radius 1 is 1.39 bits per heavy atom. The number of amides is 1. The van der Waals surface area contributed by atoms with Gasteiger partial charge in [0.15, 0.2) is 5.96 Å². The number of aliphatic imine (C=N–C) groups is 1. The lowest BCUT2D eigenvalue weighted by molar-refractivity contribution is 0.147. The van der Waals surface area contributed by atoms with Gasteiger partial charge in [-0.25, -0.2) is 9.78 Å². The summed E-state index contributed by atoms with van der Waals surface area (Å²) in [7, 11) is 0. The molecular formula is C15H19N5O2S.